The van der Waals surface area contributed by atoms with E-state index in [1.807, 2.05) is 43.4 Å². The molecular weight excluding hydrogens is 314 g/mol. The highest BCUT2D eigenvalue weighted by atomic mass is 16.6. The molecule has 0 unspecified atom stereocenters. The Morgan fingerprint density at radius 2 is 1.88 bits per heavy atom. The highest BCUT2D eigenvalue weighted by Crippen LogP contribution is 2.30. The van der Waals surface area contributed by atoms with Gasteiger partial charge in [0.2, 0.25) is 5.78 Å². The van der Waals surface area contributed by atoms with Crippen LogP contribution in [0.2, 0.25) is 0 Å². The van der Waals surface area contributed by atoms with E-state index >= 15 is 0 Å². The normalized spacial score (nSPS) is 14.6. The molecule has 3 aromatic rings. The Labute approximate surface area is 145 Å². The van der Waals surface area contributed by atoms with Gasteiger partial charge in [0.25, 0.3) is 0 Å². The Balaban J connectivity index is 1.91. The van der Waals surface area contributed by atoms with E-state index in [4.69, 9.17) is 4.84 Å². The van der Waals surface area contributed by atoms with Crippen LogP contribution in [0.1, 0.15) is 47.1 Å². The van der Waals surface area contributed by atoms with Crippen molar-refractivity contribution in [3.63, 3.8) is 0 Å². The molecule has 4 rings (SSSR count). The fourth-order valence-corrected chi connectivity index (χ4v) is 3.16. The Hall–Kier alpha value is -2.95. The minimum absolute atomic E-state index is 0.0248. The molecule has 1 heterocycles. The summed E-state index contributed by atoms with van der Waals surface area (Å²) >= 11 is 0. The number of carbonyl (C=O) groups is 1. The van der Waals surface area contributed by atoms with Gasteiger partial charge in [0.1, 0.15) is 23.7 Å². The average Bonchev–Trinajstić information content (AvgIpc) is 3.01. The molecule has 1 aliphatic rings. The van der Waals surface area contributed by atoms with Crippen LogP contribution in [0.5, 0.6) is 0 Å². The zero-order valence-electron chi connectivity index (χ0n) is 14.3. The predicted molar refractivity (Wildman–Crippen MR) is 97.1 cm³/mol. The lowest BCUT2D eigenvalue weighted by molar-refractivity contribution is 0.102. The smallest absolute Gasteiger partial charge is 0.212 e. The van der Waals surface area contributed by atoms with Gasteiger partial charge in [-0.2, -0.15) is 0 Å². The molecule has 0 bridgehead atoms. The van der Waals surface area contributed by atoms with Gasteiger partial charge in [0.15, 0.2) is 0 Å². The summed E-state index contributed by atoms with van der Waals surface area (Å²) in [5.74, 6) is -0.0248. The molecule has 25 heavy (non-hydrogen) atoms. The molecule has 0 aliphatic heterocycles. The molecule has 0 fully saturated rings. The fourth-order valence-electron chi connectivity index (χ4n) is 3.16. The summed E-state index contributed by atoms with van der Waals surface area (Å²) in [6, 6.07) is 11.9. The maximum atomic E-state index is 13.0. The number of carbonyl (C=O) groups excluding carboxylic acids is 1. The van der Waals surface area contributed by atoms with E-state index in [0.717, 1.165) is 29.2 Å². The van der Waals surface area contributed by atoms with E-state index in [-0.39, 0.29) is 5.78 Å². The molecule has 1 aromatic heterocycles. The zero-order valence-corrected chi connectivity index (χ0v) is 14.3. The van der Waals surface area contributed by atoms with E-state index in [0.29, 0.717) is 29.3 Å². The maximum Gasteiger partial charge on any atom is 0.212 e. The van der Waals surface area contributed by atoms with Crippen LogP contribution in [0, 0.1) is 0 Å². The summed E-state index contributed by atoms with van der Waals surface area (Å²) in [7, 11) is 1.82. The molecule has 0 saturated heterocycles. The van der Waals surface area contributed by atoms with Crippen LogP contribution in [-0.4, -0.2) is 27.7 Å². The molecule has 1 aliphatic carbocycles. The number of oxime groups is 1. The summed E-state index contributed by atoms with van der Waals surface area (Å²) in [6.07, 6.45) is 3.63. The number of ketones is 1. The quantitative estimate of drug-likeness (QED) is 0.423. The molecule has 126 valence electrons. The van der Waals surface area contributed by atoms with Crippen LogP contribution in [0.15, 0.2) is 47.9 Å². The molecule has 5 nitrogen and oxygen atoms in total. The number of hydrogen-bond acceptors (Lipinski definition) is 4. The van der Waals surface area contributed by atoms with Crippen molar-refractivity contribution >= 4 is 22.3 Å². The molecule has 5 heteroatoms. The minimum atomic E-state index is -0.0248. The topological polar surface area (TPSA) is 56.5 Å². The Bertz CT molecular complexity index is 1000. The van der Waals surface area contributed by atoms with Crippen molar-refractivity contribution in [3.8, 4) is 0 Å². The third-order valence-electron chi connectivity index (χ3n) is 4.51. The number of hydrogen-bond donors (Lipinski definition) is 0. The van der Waals surface area contributed by atoms with Crippen molar-refractivity contribution in [2.45, 2.75) is 19.8 Å². The second kappa shape index (κ2) is 6.16. The molecule has 0 N–H and O–H groups in total. The lowest BCUT2D eigenvalue weighted by Crippen LogP contribution is -2.23. The third-order valence-corrected chi connectivity index (χ3v) is 4.51. The molecule has 0 radical (unpaired) electrons. The van der Waals surface area contributed by atoms with Gasteiger partial charge in [0, 0.05) is 18.2 Å². The van der Waals surface area contributed by atoms with Crippen molar-refractivity contribution in [1.82, 2.24) is 9.55 Å². The number of aryl methyl sites for hydroxylation is 1. The summed E-state index contributed by atoms with van der Waals surface area (Å²) in [5.41, 5.74) is 3.21. The van der Waals surface area contributed by atoms with Gasteiger partial charge in [-0.05, 0) is 29.3 Å². The Morgan fingerprint density at radius 3 is 2.60 bits per heavy atom. The number of benzene rings is 2. The van der Waals surface area contributed by atoms with Crippen LogP contribution in [0.25, 0.3) is 10.8 Å². The monoisotopic (exact) mass is 333 g/mol. The van der Waals surface area contributed by atoms with Crippen molar-refractivity contribution in [3.05, 3.63) is 65.2 Å². The number of unbranched alkanes of at least 4 members (excludes halogenated alkanes) is 1. The highest BCUT2D eigenvalue weighted by molar-refractivity contribution is 6.29. The fraction of sp³-hybridized carbons (Fsp3) is 0.250. The largest absolute Gasteiger partial charge is 0.395 e. The first-order valence-corrected chi connectivity index (χ1v) is 8.50. The number of nitrogens with zero attached hydrogens (tertiary/aromatic N) is 3. The summed E-state index contributed by atoms with van der Waals surface area (Å²) in [4.78, 5) is 22.9. The zero-order chi connectivity index (χ0) is 17.4. The average molecular weight is 333 g/mol. The molecule has 0 amide bonds. The summed E-state index contributed by atoms with van der Waals surface area (Å²) in [6.45, 7) is 2.66. The lowest BCUT2D eigenvalue weighted by atomic mass is 9.87. The maximum absolute atomic E-state index is 13.0. The van der Waals surface area contributed by atoms with Crippen molar-refractivity contribution in [2.75, 3.05) is 6.61 Å². The number of rotatable bonds is 4. The van der Waals surface area contributed by atoms with Gasteiger partial charge in [-0.3, -0.25) is 4.79 Å². The van der Waals surface area contributed by atoms with Gasteiger partial charge in [-0.1, -0.05) is 42.8 Å². The first kappa shape index (κ1) is 15.6. The first-order chi connectivity index (χ1) is 12.2. The SMILES string of the molecule is CCCCO/N=C1\c2cc3ccccc3cc2C(=O)c2c1ncn2C. The van der Waals surface area contributed by atoms with Crippen LogP contribution >= 0.6 is 0 Å². The van der Waals surface area contributed by atoms with E-state index in [1.165, 1.54) is 0 Å². The molecular formula is C20H19N3O2. The van der Waals surface area contributed by atoms with E-state index in [1.54, 1.807) is 10.9 Å². The summed E-state index contributed by atoms with van der Waals surface area (Å²) < 4.78 is 1.75. The van der Waals surface area contributed by atoms with Gasteiger partial charge in [-0.15, -0.1) is 0 Å². The van der Waals surface area contributed by atoms with Crippen molar-refractivity contribution in [1.29, 1.82) is 0 Å². The number of aromatic nitrogens is 2. The predicted octanol–water partition coefficient (Wildman–Crippen LogP) is 3.69. The second-order valence-electron chi connectivity index (χ2n) is 6.25. The van der Waals surface area contributed by atoms with Crippen LogP contribution in [0.4, 0.5) is 0 Å². The van der Waals surface area contributed by atoms with Crippen LogP contribution < -0.4 is 0 Å². The van der Waals surface area contributed by atoms with Crippen molar-refractivity contribution < 1.29 is 9.63 Å². The van der Waals surface area contributed by atoms with Crippen molar-refractivity contribution in [2.24, 2.45) is 12.2 Å². The van der Waals surface area contributed by atoms with Gasteiger partial charge in [-0.25, -0.2) is 4.98 Å². The van der Waals surface area contributed by atoms with Crippen LogP contribution in [-0.2, 0) is 11.9 Å². The van der Waals surface area contributed by atoms with E-state index in [9.17, 15) is 4.79 Å². The standard InChI is InChI=1S/C20H19N3O2/c1-3-4-9-25-22-17-15-10-13-7-5-6-8-14(13)11-16(15)20(24)19-18(17)21-12-23(19)2/h5-8,10-12H,3-4,9H2,1-2H3/b22-17+. The Morgan fingerprint density at radius 1 is 1.16 bits per heavy atom. The van der Waals surface area contributed by atoms with E-state index < -0.39 is 0 Å². The highest BCUT2D eigenvalue weighted by Gasteiger charge is 2.32. The minimum Gasteiger partial charge on any atom is -0.395 e. The van der Waals surface area contributed by atoms with Gasteiger partial charge < -0.3 is 9.40 Å². The van der Waals surface area contributed by atoms with Gasteiger partial charge in [0.05, 0.1) is 6.33 Å². The third kappa shape index (κ3) is 2.52. The Kier molecular flexibility index (Phi) is 3.84. The number of imidazole rings is 1. The van der Waals surface area contributed by atoms with E-state index in [2.05, 4.69) is 17.1 Å². The second-order valence-corrected chi connectivity index (χ2v) is 6.25. The molecule has 0 spiro atoms. The first-order valence-electron chi connectivity index (χ1n) is 8.50. The number of fused-ring (bicyclic) bond motifs is 3. The molecule has 2 aromatic carbocycles. The lowest BCUT2D eigenvalue weighted by Gasteiger charge is -2.18. The van der Waals surface area contributed by atoms with Crippen LogP contribution in [0.3, 0.4) is 0 Å². The molecule has 0 saturated carbocycles. The summed E-state index contributed by atoms with van der Waals surface area (Å²) in [5, 5.41) is 6.44. The van der Waals surface area contributed by atoms with Gasteiger partial charge >= 0.3 is 0 Å². The molecule has 0 atom stereocenters.